The number of aromatic hydroxyl groups is 1. The van der Waals surface area contributed by atoms with Crippen molar-refractivity contribution in [3.63, 3.8) is 0 Å². The van der Waals surface area contributed by atoms with Gasteiger partial charge in [-0.3, -0.25) is 29.5 Å². The number of alkyl halides is 3. The number of hydrogen-bond acceptors (Lipinski definition) is 8. The number of rotatable bonds is 6. The third-order valence-corrected chi connectivity index (χ3v) is 14.8. The normalized spacial score (nSPS) is 25.6. The minimum atomic E-state index is -4.77. The average Bonchev–Trinajstić information content (AvgIpc) is 3.56. The zero-order chi connectivity index (χ0) is 40.9. The van der Waals surface area contributed by atoms with Crippen molar-refractivity contribution in [1.82, 2.24) is 9.99 Å². The molecule has 0 spiro atoms. The summed E-state index contributed by atoms with van der Waals surface area (Å²) < 4.78 is 47.6. The number of carbonyl (C=O) groups is 4. The van der Waals surface area contributed by atoms with E-state index in [1.165, 1.54) is 12.0 Å². The molecule has 3 aromatic carbocycles. The summed E-state index contributed by atoms with van der Waals surface area (Å²) in [5.41, 5.74) is 1.43. The number of nitrogens with one attached hydrogen (secondary N) is 1. The van der Waals surface area contributed by atoms with E-state index in [0.717, 1.165) is 3.57 Å². The molecular formula is C39H26Br2Cl2F3IN4O6. The second-order valence-corrected chi connectivity index (χ2v) is 17.7. The van der Waals surface area contributed by atoms with Crippen LogP contribution in [0.2, 0.25) is 10.0 Å². The Kier molecular flexibility index (Phi) is 10.2. The number of pyridine rings is 1. The highest BCUT2D eigenvalue weighted by Gasteiger charge is 2.71. The summed E-state index contributed by atoms with van der Waals surface area (Å²) in [6, 6.07) is 15.5. The van der Waals surface area contributed by atoms with Crippen molar-refractivity contribution in [2.24, 2.45) is 23.7 Å². The average molecular weight is 1060 g/mol. The van der Waals surface area contributed by atoms with Crippen LogP contribution >= 0.6 is 77.7 Å². The van der Waals surface area contributed by atoms with Crippen LogP contribution in [0.15, 0.2) is 87.5 Å². The van der Waals surface area contributed by atoms with E-state index in [-0.39, 0.29) is 40.5 Å². The molecular weight excluding hydrogens is 1040 g/mol. The summed E-state index contributed by atoms with van der Waals surface area (Å²) in [6.45, 7) is 0. The molecule has 2 aliphatic heterocycles. The first-order valence-corrected chi connectivity index (χ1v) is 20.6. The number of hydrogen-bond donors (Lipinski definition) is 2. The fraction of sp³-hybridized carbons (Fsp3) is 0.256. The SMILES string of the molecule is COc1cc(C2C3=CCC4C(=O)N(c5ccc(I)cc5)C(=O)C4C3CC3C(=O)N(Nc4ncc(C(F)(F)F)cc4Cl)C(=O)C32c2ccc(Cl)cc2)c(Br)c(Br)c1O. The van der Waals surface area contributed by atoms with E-state index in [1.54, 1.807) is 54.6 Å². The molecule has 2 aliphatic carbocycles. The van der Waals surface area contributed by atoms with Crippen LogP contribution in [-0.4, -0.2) is 45.8 Å². The molecule has 2 saturated heterocycles. The van der Waals surface area contributed by atoms with Crippen LogP contribution in [0.4, 0.5) is 24.7 Å². The number of aromatic nitrogens is 1. The van der Waals surface area contributed by atoms with E-state index < -0.39 is 69.5 Å². The third-order valence-electron chi connectivity index (χ3n) is 11.3. The molecule has 18 heteroatoms. The minimum absolute atomic E-state index is 0.0313. The van der Waals surface area contributed by atoms with Gasteiger partial charge in [-0.1, -0.05) is 47.0 Å². The Bertz CT molecular complexity index is 2440. The number of benzene rings is 3. The number of halogens is 8. The predicted molar refractivity (Wildman–Crippen MR) is 219 cm³/mol. The van der Waals surface area contributed by atoms with Crippen molar-refractivity contribution in [1.29, 1.82) is 0 Å². The number of hydrazine groups is 1. The topological polar surface area (TPSA) is 129 Å². The summed E-state index contributed by atoms with van der Waals surface area (Å²) in [5.74, 6) is -7.75. The fourth-order valence-corrected chi connectivity index (χ4v) is 10.6. The number of carbonyl (C=O) groups excluding carboxylic acids is 4. The molecule has 4 aliphatic rings. The standard InChI is InChI=1S/C39H26Br2Cl2F3IN4O6/c1-57-27-14-24(30(40)31(41)32(27)52)29-21-10-11-22-28(36(55)50(34(22)53)20-8-6-19(47)7-9-20)23(21)13-25-35(54)51(37(56)38(25,29)16-2-4-18(42)5-3-16)49-33-26(43)12-17(15-48-33)39(44,45)46/h2-10,12,14-15,22-23,25,28-29,52H,11,13H2,1H3,(H,48,49). The van der Waals surface area contributed by atoms with Crippen molar-refractivity contribution in [3.05, 3.63) is 118 Å². The number of anilines is 2. The summed E-state index contributed by atoms with van der Waals surface area (Å²) in [5, 5.41) is 11.6. The molecule has 4 amide bonds. The van der Waals surface area contributed by atoms with Gasteiger partial charge < -0.3 is 9.84 Å². The molecule has 0 radical (unpaired) electrons. The Morgan fingerprint density at radius 1 is 0.965 bits per heavy atom. The van der Waals surface area contributed by atoms with E-state index in [1.807, 2.05) is 6.08 Å². The van der Waals surface area contributed by atoms with Crippen LogP contribution < -0.4 is 15.1 Å². The highest BCUT2D eigenvalue weighted by molar-refractivity contribution is 14.1. The van der Waals surface area contributed by atoms with Crippen molar-refractivity contribution in [2.75, 3.05) is 17.4 Å². The Hall–Kier alpha value is -3.71. The molecule has 294 valence electrons. The lowest BCUT2D eigenvalue weighted by atomic mass is 9.49. The van der Waals surface area contributed by atoms with Gasteiger partial charge in [0.2, 0.25) is 11.8 Å². The van der Waals surface area contributed by atoms with Gasteiger partial charge in [-0.25, -0.2) is 4.98 Å². The number of ether oxygens (including phenoxy) is 1. The number of phenols is 1. The number of allylic oxidation sites excluding steroid dienone is 2. The molecule has 57 heavy (non-hydrogen) atoms. The van der Waals surface area contributed by atoms with Crippen LogP contribution in [0.1, 0.15) is 35.4 Å². The lowest BCUT2D eigenvalue weighted by Crippen LogP contribution is -2.53. The maximum absolute atomic E-state index is 15.5. The highest BCUT2D eigenvalue weighted by Crippen LogP contribution is 2.66. The van der Waals surface area contributed by atoms with Gasteiger partial charge in [-0.15, -0.1) is 0 Å². The van der Waals surface area contributed by atoms with E-state index in [2.05, 4.69) is 64.9 Å². The molecule has 3 heterocycles. The minimum Gasteiger partial charge on any atom is -0.503 e. The summed E-state index contributed by atoms with van der Waals surface area (Å²) in [6.07, 6.45) is -2.31. The van der Waals surface area contributed by atoms with Gasteiger partial charge in [0.15, 0.2) is 17.3 Å². The number of imide groups is 2. The quantitative estimate of drug-likeness (QED) is 0.111. The molecule has 8 rings (SSSR count). The Morgan fingerprint density at radius 3 is 2.28 bits per heavy atom. The monoisotopic (exact) mass is 1060 g/mol. The molecule has 1 aromatic heterocycles. The smallest absolute Gasteiger partial charge is 0.417 e. The van der Waals surface area contributed by atoms with Crippen LogP contribution in [-0.2, 0) is 30.8 Å². The lowest BCUT2D eigenvalue weighted by Gasteiger charge is -2.51. The van der Waals surface area contributed by atoms with Crippen molar-refractivity contribution in [3.8, 4) is 11.5 Å². The number of fused-ring (bicyclic) bond motifs is 4. The molecule has 3 fully saturated rings. The lowest BCUT2D eigenvalue weighted by molar-refractivity contribution is -0.139. The maximum atomic E-state index is 15.5. The first-order valence-electron chi connectivity index (χ1n) is 17.2. The van der Waals surface area contributed by atoms with Crippen molar-refractivity contribution < 1.29 is 42.2 Å². The second kappa shape index (κ2) is 14.5. The zero-order valence-corrected chi connectivity index (χ0v) is 35.9. The number of phenolic OH excluding ortho intramolecular Hbond substituents is 1. The molecule has 10 nitrogen and oxygen atoms in total. The van der Waals surface area contributed by atoms with Crippen LogP contribution in [0, 0.1) is 27.2 Å². The van der Waals surface area contributed by atoms with Gasteiger partial charge in [0.1, 0.15) is 0 Å². The van der Waals surface area contributed by atoms with Gasteiger partial charge in [0, 0.05) is 25.2 Å². The van der Waals surface area contributed by atoms with Gasteiger partial charge >= 0.3 is 6.18 Å². The predicted octanol–water partition coefficient (Wildman–Crippen LogP) is 9.44. The van der Waals surface area contributed by atoms with E-state index >= 15 is 4.79 Å². The van der Waals surface area contributed by atoms with Crippen LogP contribution in [0.3, 0.4) is 0 Å². The fourth-order valence-electron chi connectivity index (χ4n) is 8.95. The van der Waals surface area contributed by atoms with Gasteiger partial charge in [-0.05, 0) is 133 Å². The molecule has 4 aromatic rings. The van der Waals surface area contributed by atoms with Gasteiger partial charge in [0.25, 0.3) is 11.8 Å². The van der Waals surface area contributed by atoms with Gasteiger partial charge in [-0.2, -0.15) is 18.2 Å². The molecule has 2 N–H and O–H groups in total. The van der Waals surface area contributed by atoms with E-state index in [0.29, 0.717) is 49.2 Å². The second-order valence-electron chi connectivity index (χ2n) is 14.1. The molecule has 0 bridgehead atoms. The number of nitrogens with zero attached hydrogens (tertiary/aromatic N) is 3. The van der Waals surface area contributed by atoms with E-state index in [9.17, 15) is 32.7 Å². The van der Waals surface area contributed by atoms with Crippen LogP contribution in [0.5, 0.6) is 11.5 Å². The van der Waals surface area contributed by atoms with Crippen molar-refractivity contribution in [2.45, 2.75) is 30.4 Å². The molecule has 1 saturated carbocycles. The molecule has 6 atom stereocenters. The maximum Gasteiger partial charge on any atom is 0.417 e. The first-order chi connectivity index (χ1) is 27.0. The number of amides is 4. The Balaban J connectivity index is 1.35. The largest absolute Gasteiger partial charge is 0.503 e. The Labute approximate surface area is 363 Å². The van der Waals surface area contributed by atoms with Crippen LogP contribution in [0.25, 0.3) is 0 Å². The molecule has 6 unspecified atom stereocenters. The first kappa shape index (κ1) is 40.1. The summed E-state index contributed by atoms with van der Waals surface area (Å²) in [7, 11) is 1.35. The zero-order valence-electron chi connectivity index (χ0n) is 29.1. The summed E-state index contributed by atoms with van der Waals surface area (Å²) >= 11 is 21.8. The third kappa shape index (κ3) is 6.18. The number of methoxy groups -OCH3 is 1. The van der Waals surface area contributed by atoms with E-state index in [4.69, 9.17) is 27.9 Å². The highest BCUT2D eigenvalue weighted by atomic mass is 127. The van der Waals surface area contributed by atoms with Crippen molar-refractivity contribution >= 4 is 113 Å². The summed E-state index contributed by atoms with van der Waals surface area (Å²) in [4.78, 5) is 64.1. The Morgan fingerprint density at radius 2 is 1.65 bits per heavy atom. The van der Waals surface area contributed by atoms with Gasteiger partial charge in [0.05, 0.1) is 51.0 Å².